The second kappa shape index (κ2) is 9.12. The minimum absolute atomic E-state index is 0.159. The van der Waals surface area contributed by atoms with Gasteiger partial charge in [-0.25, -0.2) is 0 Å². The summed E-state index contributed by atoms with van der Waals surface area (Å²) in [5, 5.41) is 0.282. The molecule has 0 N–H and O–H groups in total. The number of furan rings is 1. The van der Waals surface area contributed by atoms with Crippen LogP contribution in [0, 0.1) is 0 Å². The SMILES string of the molecule is O=C1S/C(=C\c2ccc(-c3cccc(Br)c3)o2)C(=O)N1CCOc1ccc(Cl)cc1. The molecule has 1 aliphatic heterocycles. The van der Waals surface area contributed by atoms with Gasteiger partial charge in [-0.3, -0.25) is 14.5 Å². The van der Waals surface area contributed by atoms with Crippen LogP contribution in [0.5, 0.6) is 5.75 Å². The van der Waals surface area contributed by atoms with E-state index >= 15 is 0 Å². The summed E-state index contributed by atoms with van der Waals surface area (Å²) in [5.41, 5.74) is 0.913. The van der Waals surface area contributed by atoms with Gasteiger partial charge >= 0.3 is 0 Å². The number of hydrogen-bond donors (Lipinski definition) is 0. The van der Waals surface area contributed by atoms with Crippen LogP contribution in [-0.2, 0) is 4.79 Å². The second-order valence-electron chi connectivity index (χ2n) is 6.35. The zero-order valence-corrected chi connectivity index (χ0v) is 18.7. The van der Waals surface area contributed by atoms with Crippen LogP contribution in [0.4, 0.5) is 4.79 Å². The van der Waals surface area contributed by atoms with E-state index in [0.717, 1.165) is 21.8 Å². The topological polar surface area (TPSA) is 59.8 Å². The predicted octanol–water partition coefficient (Wildman–Crippen LogP) is 6.48. The summed E-state index contributed by atoms with van der Waals surface area (Å²) in [6.45, 7) is 0.354. The first-order chi connectivity index (χ1) is 14.5. The first-order valence-electron chi connectivity index (χ1n) is 8.99. The Hall–Kier alpha value is -2.48. The maximum atomic E-state index is 12.6. The fraction of sp³-hybridized carbons (Fsp3) is 0.0909. The highest BCUT2D eigenvalue weighted by Gasteiger charge is 2.35. The molecular formula is C22H15BrClNO4S. The molecule has 0 spiro atoms. The number of halogens is 2. The molecule has 0 atom stereocenters. The third kappa shape index (κ3) is 4.80. The van der Waals surface area contributed by atoms with Gasteiger partial charge in [-0.2, -0.15) is 0 Å². The highest BCUT2D eigenvalue weighted by Crippen LogP contribution is 2.33. The van der Waals surface area contributed by atoms with Crippen LogP contribution in [0.1, 0.15) is 5.76 Å². The van der Waals surface area contributed by atoms with Crippen molar-refractivity contribution in [2.75, 3.05) is 13.2 Å². The number of thioether (sulfide) groups is 1. The van der Waals surface area contributed by atoms with Gasteiger partial charge < -0.3 is 9.15 Å². The lowest BCUT2D eigenvalue weighted by Gasteiger charge is -2.13. The third-order valence-corrected chi connectivity index (χ3v) is 5.93. The molecule has 152 valence electrons. The molecule has 2 aromatic carbocycles. The van der Waals surface area contributed by atoms with E-state index in [1.165, 1.54) is 4.90 Å². The fourth-order valence-corrected chi connectivity index (χ4v) is 4.21. The molecule has 1 aliphatic rings. The molecule has 0 saturated carbocycles. The summed E-state index contributed by atoms with van der Waals surface area (Å²) in [6, 6.07) is 18.2. The first kappa shape index (κ1) is 20.8. The summed E-state index contributed by atoms with van der Waals surface area (Å²) in [6.07, 6.45) is 1.59. The number of benzene rings is 2. The van der Waals surface area contributed by atoms with Crippen molar-refractivity contribution >= 4 is 56.5 Å². The van der Waals surface area contributed by atoms with E-state index in [4.69, 9.17) is 20.8 Å². The quantitative estimate of drug-likeness (QED) is 0.360. The van der Waals surface area contributed by atoms with Crippen LogP contribution < -0.4 is 4.74 Å². The smallest absolute Gasteiger partial charge is 0.293 e. The maximum absolute atomic E-state index is 12.6. The van der Waals surface area contributed by atoms with Crippen molar-refractivity contribution < 1.29 is 18.7 Å². The molecule has 2 heterocycles. The zero-order valence-electron chi connectivity index (χ0n) is 15.5. The van der Waals surface area contributed by atoms with Crippen molar-refractivity contribution in [3.63, 3.8) is 0 Å². The van der Waals surface area contributed by atoms with Gasteiger partial charge in [-0.1, -0.05) is 39.7 Å². The molecular weight excluding hydrogens is 490 g/mol. The van der Waals surface area contributed by atoms with E-state index < -0.39 is 0 Å². The Morgan fingerprint density at radius 2 is 1.90 bits per heavy atom. The van der Waals surface area contributed by atoms with Gasteiger partial charge in [0.1, 0.15) is 23.9 Å². The number of imide groups is 1. The third-order valence-electron chi connectivity index (χ3n) is 4.28. The molecule has 5 nitrogen and oxygen atoms in total. The van der Waals surface area contributed by atoms with Crippen molar-refractivity contribution in [3.8, 4) is 17.1 Å². The Labute approximate surface area is 190 Å². The predicted molar refractivity (Wildman–Crippen MR) is 121 cm³/mol. The minimum atomic E-state index is -0.356. The molecule has 3 aromatic rings. The highest BCUT2D eigenvalue weighted by atomic mass is 79.9. The summed E-state index contributed by atoms with van der Waals surface area (Å²) in [7, 11) is 0. The second-order valence-corrected chi connectivity index (χ2v) is 8.69. The molecule has 1 fully saturated rings. The van der Waals surface area contributed by atoms with Crippen LogP contribution in [0.3, 0.4) is 0 Å². The van der Waals surface area contributed by atoms with Gasteiger partial charge in [0, 0.05) is 21.1 Å². The van der Waals surface area contributed by atoms with E-state index in [1.54, 1.807) is 36.4 Å². The normalized spacial score (nSPS) is 15.3. The Kier molecular flexibility index (Phi) is 6.32. The molecule has 4 rings (SSSR count). The monoisotopic (exact) mass is 503 g/mol. The maximum Gasteiger partial charge on any atom is 0.293 e. The first-order valence-corrected chi connectivity index (χ1v) is 11.0. The largest absolute Gasteiger partial charge is 0.492 e. The van der Waals surface area contributed by atoms with Crippen molar-refractivity contribution in [2.24, 2.45) is 0 Å². The molecule has 30 heavy (non-hydrogen) atoms. The van der Waals surface area contributed by atoms with Crippen molar-refractivity contribution in [2.45, 2.75) is 0 Å². The molecule has 0 radical (unpaired) electrons. The van der Waals surface area contributed by atoms with Crippen LogP contribution in [-0.4, -0.2) is 29.2 Å². The van der Waals surface area contributed by atoms with Crippen LogP contribution in [0.2, 0.25) is 5.02 Å². The zero-order chi connectivity index (χ0) is 21.1. The van der Waals surface area contributed by atoms with E-state index in [1.807, 2.05) is 30.3 Å². The van der Waals surface area contributed by atoms with E-state index in [-0.39, 0.29) is 24.3 Å². The van der Waals surface area contributed by atoms with Gasteiger partial charge in [0.25, 0.3) is 11.1 Å². The summed E-state index contributed by atoms with van der Waals surface area (Å²) in [5.74, 6) is 1.45. The standard InChI is InChI=1S/C22H15BrClNO4S/c23-15-3-1-2-14(12-15)19-9-8-18(29-19)13-20-21(26)25(22(27)30-20)10-11-28-17-6-4-16(24)5-7-17/h1-9,12-13H,10-11H2/b20-13-. The Bertz CT molecular complexity index is 1130. The van der Waals surface area contributed by atoms with Gasteiger partial charge in [0.2, 0.25) is 0 Å². The minimum Gasteiger partial charge on any atom is -0.492 e. The van der Waals surface area contributed by atoms with Crippen molar-refractivity contribution in [3.05, 3.63) is 80.8 Å². The molecule has 1 saturated heterocycles. The molecule has 0 aliphatic carbocycles. The van der Waals surface area contributed by atoms with Crippen LogP contribution in [0.15, 0.2) is 74.5 Å². The number of carbonyl (C=O) groups excluding carboxylic acids is 2. The van der Waals surface area contributed by atoms with Gasteiger partial charge in [-0.15, -0.1) is 0 Å². The number of nitrogens with zero attached hydrogens (tertiary/aromatic N) is 1. The number of carbonyl (C=O) groups is 2. The summed E-state index contributed by atoms with van der Waals surface area (Å²) < 4.78 is 12.3. The summed E-state index contributed by atoms with van der Waals surface area (Å²) >= 11 is 10.2. The lowest BCUT2D eigenvalue weighted by Crippen LogP contribution is -2.32. The average molecular weight is 505 g/mol. The van der Waals surface area contributed by atoms with Gasteiger partial charge in [0.05, 0.1) is 11.4 Å². The van der Waals surface area contributed by atoms with Crippen molar-refractivity contribution in [1.29, 1.82) is 0 Å². The van der Waals surface area contributed by atoms with Crippen LogP contribution >= 0.6 is 39.3 Å². The molecule has 2 amide bonds. The molecule has 0 unspecified atom stereocenters. The highest BCUT2D eigenvalue weighted by molar-refractivity contribution is 9.10. The number of rotatable bonds is 6. The average Bonchev–Trinajstić information content (AvgIpc) is 3.29. The number of amides is 2. The van der Waals surface area contributed by atoms with Gasteiger partial charge in [-0.05, 0) is 60.3 Å². The fourth-order valence-electron chi connectivity index (χ4n) is 2.83. The Morgan fingerprint density at radius 3 is 2.67 bits per heavy atom. The van der Waals surface area contributed by atoms with E-state index in [2.05, 4.69) is 15.9 Å². The van der Waals surface area contributed by atoms with Crippen molar-refractivity contribution in [1.82, 2.24) is 4.90 Å². The van der Waals surface area contributed by atoms with E-state index in [9.17, 15) is 9.59 Å². The van der Waals surface area contributed by atoms with E-state index in [0.29, 0.717) is 27.2 Å². The Balaban J connectivity index is 1.41. The number of ether oxygens (including phenoxy) is 1. The lowest BCUT2D eigenvalue weighted by atomic mass is 10.2. The molecule has 1 aromatic heterocycles. The molecule has 0 bridgehead atoms. The van der Waals surface area contributed by atoms with Gasteiger partial charge in [0.15, 0.2) is 0 Å². The lowest BCUT2D eigenvalue weighted by molar-refractivity contribution is -0.123. The number of hydrogen-bond acceptors (Lipinski definition) is 5. The summed E-state index contributed by atoms with van der Waals surface area (Å²) in [4.78, 5) is 26.4. The molecule has 8 heteroatoms. The Morgan fingerprint density at radius 1 is 1.10 bits per heavy atom. The van der Waals surface area contributed by atoms with Crippen LogP contribution in [0.25, 0.3) is 17.4 Å².